The van der Waals surface area contributed by atoms with Crippen LogP contribution < -0.4 is 9.47 Å². The monoisotopic (exact) mass is 822 g/mol. The minimum atomic E-state index is -1.10. The van der Waals surface area contributed by atoms with Crippen molar-refractivity contribution in [1.82, 2.24) is 9.97 Å². The second-order valence-electron chi connectivity index (χ2n) is 16.7. The van der Waals surface area contributed by atoms with E-state index in [1.165, 1.54) is 0 Å². The molecule has 0 N–H and O–H groups in total. The standard InChI is InChI=1S/C57H46N2O4/c1-3-38-18-17-29-56(35-52(60)62-44-23-7-5-8-24-44,48-33-42-21-13-15-27-50(42)58-54(48)39(4-2)30-38)37-57(36-53(61)63-45-25-9-6-10-26-45)47-32-41-20-12-11-19-40(41)31-46(47)55-49(57)34-43-22-14-16-28-51(43)59-55/h5-34H,3-4,35-37H2,1-2H3/b29-17-,38-18+,39-30+. The summed E-state index contributed by atoms with van der Waals surface area (Å²) < 4.78 is 12.5. The molecule has 0 saturated heterocycles. The third-order valence-corrected chi connectivity index (χ3v) is 12.8. The predicted molar refractivity (Wildman–Crippen MR) is 253 cm³/mol. The van der Waals surface area contributed by atoms with Crippen molar-refractivity contribution in [3.05, 3.63) is 210 Å². The van der Waals surface area contributed by atoms with Gasteiger partial charge < -0.3 is 9.47 Å². The van der Waals surface area contributed by atoms with Gasteiger partial charge in [-0.3, -0.25) is 9.59 Å². The second kappa shape index (κ2) is 16.4. The van der Waals surface area contributed by atoms with Crippen molar-refractivity contribution in [2.75, 3.05) is 0 Å². The van der Waals surface area contributed by atoms with E-state index >= 15 is 0 Å². The first-order valence-electron chi connectivity index (χ1n) is 21.8. The number of rotatable bonds is 10. The van der Waals surface area contributed by atoms with Gasteiger partial charge in [-0.25, -0.2) is 9.97 Å². The average molecular weight is 823 g/mol. The van der Waals surface area contributed by atoms with Crippen LogP contribution in [-0.4, -0.2) is 21.9 Å². The lowest BCUT2D eigenvalue weighted by atomic mass is 9.60. The Morgan fingerprint density at radius 3 is 1.68 bits per heavy atom. The van der Waals surface area contributed by atoms with Crippen molar-refractivity contribution < 1.29 is 19.1 Å². The van der Waals surface area contributed by atoms with Crippen LogP contribution in [0.15, 0.2) is 188 Å². The summed E-state index contributed by atoms with van der Waals surface area (Å²) in [5.41, 5.74) is 7.11. The first-order chi connectivity index (χ1) is 30.8. The topological polar surface area (TPSA) is 78.4 Å². The summed E-state index contributed by atoms with van der Waals surface area (Å²) >= 11 is 0. The van der Waals surface area contributed by atoms with Gasteiger partial charge in [-0.15, -0.1) is 0 Å². The van der Waals surface area contributed by atoms with Gasteiger partial charge in [-0.1, -0.05) is 135 Å². The molecule has 0 radical (unpaired) electrons. The van der Waals surface area contributed by atoms with Gasteiger partial charge in [0.1, 0.15) is 11.5 Å². The molecule has 0 saturated carbocycles. The number of nitrogens with zero attached hydrogens (tertiary/aromatic N) is 2. The molecule has 2 aliphatic carbocycles. The molecule has 0 spiro atoms. The molecule has 2 unspecified atom stereocenters. The first-order valence-corrected chi connectivity index (χ1v) is 21.8. The third-order valence-electron chi connectivity index (χ3n) is 12.8. The normalized spacial score (nSPS) is 19.9. The number of allylic oxidation sites excluding steroid dienone is 6. The second-order valence-corrected chi connectivity index (χ2v) is 16.7. The van der Waals surface area contributed by atoms with Gasteiger partial charge in [0.05, 0.1) is 35.3 Å². The molecule has 2 heterocycles. The van der Waals surface area contributed by atoms with E-state index in [1.807, 2.05) is 84.9 Å². The number of carbonyl (C=O) groups excluding carboxylic acids is 2. The predicted octanol–water partition coefficient (Wildman–Crippen LogP) is 13.2. The Morgan fingerprint density at radius 1 is 0.540 bits per heavy atom. The average Bonchev–Trinajstić information content (AvgIpc) is 3.57. The highest BCUT2D eigenvalue weighted by molar-refractivity contribution is 5.97. The van der Waals surface area contributed by atoms with Crippen LogP contribution in [0.5, 0.6) is 11.5 Å². The van der Waals surface area contributed by atoms with Gasteiger partial charge in [-0.2, -0.15) is 0 Å². The Labute approximate surface area is 367 Å². The van der Waals surface area contributed by atoms with Crippen LogP contribution in [0.2, 0.25) is 0 Å². The van der Waals surface area contributed by atoms with E-state index in [2.05, 4.69) is 86.7 Å². The summed E-state index contributed by atoms with van der Waals surface area (Å²) in [7, 11) is 0. The van der Waals surface area contributed by atoms with Gasteiger partial charge in [-0.05, 0) is 119 Å². The van der Waals surface area contributed by atoms with Crippen molar-refractivity contribution >= 4 is 50.1 Å². The fraction of sp³-hybridized carbons (Fsp3) is 0.158. The van der Waals surface area contributed by atoms with Crippen molar-refractivity contribution in [2.45, 2.75) is 56.8 Å². The van der Waals surface area contributed by atoms with Crippen LogP contribution in [0.3, 0.4) is 0 Å². The molecule has 0 bridgehead atoms. The summed E-state index contributed by atoms with van der Waals surface area (Å²) in [5, 5.41) is 4.01. The number of esters is 2. The molecule has 6 heteroatoms. The lowest BCUT2D eigenvalue weighted by Crippen LogP contribution is -2.41. The fourth-order valence-corrected chi connectivity index (χ4v) is 9.85. The highest BCUT2D eigenvalue weighted by Gasteiger charge is 2.53. The zero-order valence-electron chi connectivity index (χ0n) is 35.4. The quantitative estimate of drug-likeness (QED) is 0.101. The summed E-state index contributed by atoms with van der Waals surface area (Å²) in [6.45, 7) is 4.31. The van der Waals surface area contributed by atoms with Crippen LogP contribution in [0, 0.1) is 0 Å². The molecular weight excluding hydrogens is 777 g/mol. The zero-order valence-corrected chi connectivity index (χ0v) is 35.4. The molecule has 0 fully saturated rings. The lowest BCUT2D eigenvalue weighted by molar-refractivity contribution is -0.135. The smallest absolute Gasteiger partial charge is 0.312 e. The van der Waals surface area contributed by atoms with Crippen molar-refractivity contribution in [2.24, 2.45) is 0 Å². The molecule has 308 valence electrons. The van der Waals surface area contributed by atoms with Crippen molar-refractivity contribution in [3.63, 3.8) is 0 Å². The van der Waals surface area contributed by atoms with Gasteiger partial charge in [0.15, 0.2) is 0 Å². The molecule has 0 amide bonds. The molecule has 2 aromatic heterocycles. The maximum Gasteiger partial charge on any atom is 0.312 e. The van der Waals surface area contributed by atoms with E-state index in [9.17, 15) is 9.59 Å². The highest BCUT2D eigenvalue weighted by Crippen LogP contribution is 2.58. The Bertz CT molecular complexity index is 3080. The minimum absolute atomic E-state index is 0.0353. The zero-order chi connectivity index (χ0) is 43.0. The summed E-state index contributed by atoms with van der Waals surface area (Å²) in [6.07, 6.45) is 10.4. The van der Waals surface area contributed by atoms with E-state index in [0.29, 0.717) is 17.9 Å². The minimum Gasteiger partial charge on any atom is -0.426 e. The number of hydrogen-bond acceptors (Lipinski definition) is 6. The van der Waals surface area contributed by atoms with E-state index in [-0.39, 0.29) is 19.3 Å². The molecule has 63 heavy (non-hydrogen) atoms. The molecular formula is C57H46N2O4. The number of aromatic nitrogens is 2. The van der Waals surface area contributed by atoms with Crippen molar-refractivity contribution in [3.8, 4) is 22.8 Å². The van der Waals surface area contributed by atoms with Gasteiger partial charge in [0.2, 0.25) is 0 Å². The molecule has 10 rings (SSSR count). The number of pyridine rings is 2. The van der Waals surface area contributed by atoms with E-state index in [0.717, 1.165) is 83.8 Å². The number of carbonyl (C=O) groups is 2. The molecule has 2 aliphatic rings. The Morgan fingerprint density at radius 2 is 1.06 bits per heavy atom. The molecule has 2 atom stereocenters. The number of hydrogen-bond donors (Lipinski definition) is 0. The lowest BCUT2D eigenvalue weighted by Gasteiger charge is -2.42. The highest BCUT2D eigenvalue weighted by atomic mass is 16.5. The first kappa shape index (κ1) is 39.7. The van der Waals surface area contributed by atoms with Crippen LogP contribution in [0.25, 0.3) is 49.4 Å². The number of ether oxygens (including phenoxy) is 2. The van der Waals surface area contributed by atoms with E-state index < -0.39 is 22.8 Å². The van der Waals surface area contributed by atoms with Gasteiger partial charge in [0.25, 0.3) is 0 Å². The van der Waals surface area contributed by atoms with Crippen LogP contribution in [0.1, 0.15) is 68.3 Å². The Balaban J connectivity index is 1.30. The summed E-state index contributed by atoms with van der Waals surface area (Å²) in [5.74, 6) is 0.130. The van der Waals surface area contributed by atoms with Crippen LogP contribution in [-0.2, 0) is 20.4 Å². The maximum atomic E-state index is 14.9. The van der Waals surface area contributed by atoms with Crippen LogP contribution in [0.4, 0.5) is 0 Å². The molecule has 6 nitrogen and oxygen atoms in total. The Hall–Kier alpha value is -7.44. The fourth-order valence-electron chi connectivity index (χ4n) is 9.85. The molecule has 8 aromatic rings. The number of fused-ring (bicyclic) bond motifs is 7. The van der Waals surface area contributed by atoms with Crippen molar-refractivity contribution in [1.29, 1.82) is 0 Å². The van der Waals surface area contributed by atoms with Gasteiger partial charge in [0, 0.05) is 27.2 Å². The molecule has 6 aromatic carbocycles. The van der Waals surface area contributed by atoms with Gasteiger partial charge >= 0.3 is 11.9 Å². The number of para-hydroxylation sites is 4. The SMILES string of the molecule is CCC1=C\C=C/C(CC(=O)Oc2ccccc2)(CC2(CC(=O)Oc3ccccc3)c3cc4ccccc4cc3-c3nc4ccccc4cc32)c2cc3ccccc3nc2\C(CC)=C\1. The van der Waals surface area contributed by atoms with E-state index in [1.54, 1.807) is 24.3 Å². The molecule has 0 aliphatic heterocycles. The number of benzene rings is 6. The third kappa shape index (κ3) is 7.42. The summed E-state index contributed by atoms with van der Waals surface area (Å²) in [6, 6.07) is 51.9. The maximum absolute atomic E-state index is 14.9. The summed E-state index contributed by atoms with van der Waals surface area (Å²) in [4.78, 5) is 40.7. The largest absolute Gasteiger partial charge is 0.426 e. The Kier molecular flexibility index (Phi) is 10.4. The van der Waals surface area contributed by atoms with Crippen LogP contribution >= 0.6 is 0 Å². The van der Waals surface area contributed by atoms with E-state index in [4.69, 9.17) is 19.4 Å².